The van der Waals surface area contributed by atoms with E-state index < -0.39 is 0 Å². The fraction of sp³-hybridized carbons (Fsp3) is 0.636. The fourth-order valence-electron chi connectivity index (χ4n) is 3.79. The zero-order valence-corrected chi connectivity index (χ0v) is 20.5. The average molecular weight is 515 g/mol. The summed E-state index contributed by atoms with van der Waals surface area (Å²) in [5.74, 6) is 0.822. The number of likely N-dealkylation sites (tertiary alicyclic amines) is 1. The first kappa shape index (κ1) is 25.7. The van der Waals surface area contributed by atoms with E-state index in [2.05, 4.69) is 40.8 Å². The zero-order chi connectivity index (χ0) is 20.2. The fourth-order valence-corrected chi connectivity index (χ4v) is 3.79. The van der Waals surface area contributed by atoms with Crippen molar-refractivity contribution in [3.8, 4) is 0 Å². The highest BCUT2D eigenvalue weighted by Crippen LogP contribution is 2.18. The van der Waals surface area contributed by atoms with Gasteiger partial charge in [0.25, 0.3) is 5.91 Å². The van der Waals surface area contributed by atoms with Crippen molar-refractivity contribution in [1.29, 1.82) is 0 Å². The number of benzene rings is 1. The molecule has 7 heteroatoms. The summed E-state index contributed by atoms with van der Waals surface area (Å²) in [5.41, 5.74) is 1.84. The molecule has 0 aliphatic carbocycles. The molecule has 0 saturated carbocycles. The van der Waals surface area contributed by atoms with E-state index in [1.54, 1.807) is 7.05 Å². The average Bonchev–Trinajstić information content (AvgIpc) is 2.73. The Morgan fingerprint density at radius 3 is 2.79 bits per heavy atom. The summed E-state index contributed by atoms with van der Waals surface area (Å²) in [6.45, 7) is 9.06. The molecule has 1 atom stereocenters. The largest absolute Gasteiger partial charge is 0.357 e. The first-order valence-electron chi connectivity index (χ1n) is 10.7. The Balaban J connectivity index is 0.00000420. The third-order valence-corrected chi connectivity index (χ3v) is 5.34. The molecule has 1 saturated heterocycles. The number of nitrogens with zero attached hydrogens (tertiary/aromatic N) is 2. The van der Waals surface area contributed by atoms with Crippen LogP contribution in [0.5, 0.6) is 0 Å². The van der Waals surface area contributed by atoms with Gasteiger partial charge in [-0.1, -0.05) is 25.5 Å². The van der Waals surface area contributed by atoms with Crippen LogP contribution >= 0.6 is 24.0 Å². The van der Waals surface area contributed by atoms with Gasteiger partial charge in [-0.05, 0) is 56.8 Å². The molecular weight excluding hydrogens is 477 g/mol. The number of amides is 1. The molecule has 164 valence electrons. The van der Waals surface area contributed by atoms with Gasteiger partial charge in [-0.2, -0.15) is 0 Å². The second-order valence-corrected chi connectivity index (χ2v) is 7.31. The maximum atomic E-state index is 11.8. The molecular formula is C22H38IN5O. The lowest BCUT2D eigenvalue weighted by Gasteiger charge is -2.34. The van der Waals surface area contributed by atoms with E-state index in [-0.39, 0.29) is 29.9 Å². The Morgan fingerprint density at radius 2 is 2.07 bits per heavy atom. The highest BCUT2D eigenvalue weighted by atomic mass is 127. The SMILES string of the molecule is CCNC(=NCCN1CCCCC1CC)NCCc1cccc(C(=O)NC)c1.I. The summed E-state index contributed by atoms with van der Waals surface area (Å²) < 4.78 is 0. The molecule has 1 fully saturated rings. The smallest absolute Gasteiger partial charge is 0.251 e. The molecule has 0 radical (unpaired) electrons. The molecule has 29 heavy (non-hydrogen) atoms. The number of carbonyl (C=O) groups is 1. The van der Waals surface area contributed by atoms with Crippen molar-refractivity contribution in [3.05, 3.63) is 35.4 Å². The standard InChI is InChI=1S/C22H37N5O.HI/c1-4-20-11-6-7-15-27(20)16-14-26-22(24-5-2)25-13-12-18-9-8-10-19(17-18)21(28)23-3;/h8-10,17,20H,4-7,11-16H2,1-3H3,(H,23,28)(H2,24,25,26);1H. The van der Waals surface area contributed by atoms with Crippen molar-refractivity contribution < 1.29 is 4.79 Å². The van der Waals surface area contributed by atoms with Crippen LogP contribution in [0.25, 0.3) is 0 Å². The van der Waals surface area contributed by atoms with Crippen LogP contribution in [-0.4, -0.2) is 62.6 Å². The number of aliphatic imine (C=N–C) groups is 1. The maximum Gasteiger partial charge on any atom is 0.251 e. The van der Waals surface area contributed by atoms with Gasteiger partial charge >= 0.3 is 0 Å². The number of guanidine groups is 1. The van der Waals surface area contributed by atoms with Crippen LogP contribution in [-0.2, 0) is 6.42 Å². The number of hydrogen-bond acceptors (Lipinski definition) is 3. The molecule has 1 heterocycles. The Morgan fingerprint density at radius 1 is 1.24 bits per heavy atom. The molecule has 1 aromatic rings. The van der Waals surface area contributed by atoms with Gasteiger partial charge in [0, 0.05) is 38.3 Å². The zero-order valence-electron chi connectivity index (χ0n) is 18.2. The van der Waals surface area contributed by atoms with Gasteiger partial charge in [0.15, 0.2) is 5.96 Å². The van der Waals surface area contributed by atoms with Gasteiger partial charge in [-0.3, -0.25) is 14.7 Å². The van der Waals surface area contributed by atoms with Gasteiger partial charge < -0.3 is 16.0 Å². The Bertz CT molecular complexity index is 637. The number of hydrogen-bond donors (Lipinski definition) is 3. The molecule has 0 spiro atoms. The Hall–Kier alpha value is -1.35. The van der Waals surface area contributed by atoms with Crippen LogP contribution in [0.1, 0.15) is 55.5 Å². The molecule has 1 unspecified atom stereocenters. The lowest BCUT2D eigenvalue weighted by atomic mass is 10.0. The van der Waals surface area contributed by atoms with Crippen molar-refractivity contribution in [2.45, 2.75) is 52.0 Å². The van der Waals surface area contributed by atoms with E-state index in [9.17, 15) is 4.79 Å². The highest BCUT2D eigenvalue weighted by molar-refractivity contribution is 14.0. The summed E-state index contributed by atoms with van der Waals surface area (Å²) in [7, 11) is 1.66. The number of carbonyl (C=O) groups excluding carboxylic acids is 1. The lowest BCUT2D eigenvalue weighted by Crippen LogP contribution is -2.42. The van der Waals surface area contributed by atoms with Gasteiger partial charge in [-0.15, -0.1) is 24.0 Å². The number of halogens is 1. The number of nitrogens with one attached hydrogen (secondary N) is 3. The van der Waals surface area contributed by atoms with E-state index in [4.69, 9.17) is 4.99 Å². The van der Waals surface area contributed by atoms with Crippen molar-refractivity contribution in [1.82, 2.24) is 20.9 Å². The Labute approximate surface area is 193 Å². The van der Waals surface area contributed by atoms with Crippen LogP contribution in [0, 0.1) is 0 Å². The van der Waals surface area contributed by atoms with Gasteiger partial charge in [0.05, 0.1) is 6.54 Å². The monoisotopic (exact) mass is 515 g/mol. The van der Waals surface area contributed by atoms with Crippen molar-refractivity contribution in [2.24, 2.45) is 4.99 Å². The van der Waals surface area contributed by atoms with Crippen LogP contribution in [0.15, 0.2) is 29.3 Å². The first-order chi connectivity index (χ1) is 13.7. The summed E-state index contributed by atoms with van der Waals surface area (Å²) in [6, 6.07) is 8.51. The highest BCUT2D eigenvalue weighted by Gasteiger charge is 2.19. The molecule has 1 aromatic carbocycles. The van der Waals surface area contributed by atoms with E-state index in [0.717, 1.165) is 50.2 Å². The van der Waals surface area contributed by atoms with E-state index in [0.29, 0.717) is 5.56 Å². The summed E-state index contributed by atoms with van der Waals surface area (Å²) in [5, 5.41) is 9.41. The summed E-state index contributed by atoms with van der Waals surface area (Å²) in [6.07, 6.45) is 6.08. The van der Waals surface area contributed by atoms with E-state index in [1.165, 1.54) is 32.2 Å². The molecule has 6 nitrogen and oxygen atoms in total. The topological polar surface area (TPSA) is 68.8 Å². The molecule has 1 aliphatic rings. The summed E-state index contributed by atoms with van der Waals surface area (Å²) in [4.78, 5) is 19.1. The second-order valence-electron chi connectivity index (χ2n) is 7.31. The van der Waals surface area contributed by atoms with Gasteiger partial charge in [-0.25, -0.2) is 0 Å². The predicted molar refractivity (Wildman–Crippen MR) is 132 cm³/mol. The minimum Gasteiger partial charge on any atom is -0.357 e. The second kappa shape index (κ2) is 14.6. The summed E-state index contributed by atoms with van der Waals surface area (Å²) >= 11 is 0. The third-order valence-electron chi connectivity index (χ3n) is 5.34. The van der Waals surface area contributed by atoms with E-state index in [1.807, 2.05) is 18.2 Å². The Kier molecular flexibility index (Phi) is 12.9. The van der Waals surface area contributed by atoms with E-state index >= 15 is 0 Å². The van der Waals surface area contributed by atoms with Crippen LogP contribution in [0.4, 0.5) is 0 Å². The van der Waals surface area contributed by atoms with Crippen LogP contribution < -0.4 is 16.0 Å². The van der Waals surface area contributed by atoms with Gasteiger partial charge in [0.1, 0.15) is 0 Å². The van der Waals surface area contributed by atoms with Crippen molar-refractivity contribution >= 4 is 35.8 Å². The normalized spacial score (nSPS) is 17.3. The molecule has 0 bridgehead atoms. The molecule has 1 aliphatic heterocycles. The molecule has 0 aromatic heterocycles. The quantitative estimate of drug-likeness (QED) is 0.269. The predicted octanol–water partition coefficient (Wildman–Crippen LogP) is 3.03. The number of rotatable bonds is 9. The molecule has 1 amide bonds. The minimum atomic E-state index is -0.0483. The van der Waals surface area contributed by atoms with Crippen molar-refractivity contribution in [2.75, 3.05) is 39.8 Å². The lowest BCUT2D eigenvalue weighted by molar-refractivity contribution is 0.0963. The van der Waals surface area contributed by atoms with Gasteiger partial charge in [0.2, 0.25) is 0 Å². The maximum absolute atomic E-state index is 11.8. The van der Waals surface area contributed by atoms with Crippen LogP contribution in [0.3, 0.4) is 0 Å². The third kappa shape index (κ3) is 8.90. The van der Waals surface area contributed by atoms with Crippen LogP contribution in [0.2, 0.25) is 0 Å². The molecule has 2 rings (SSSR count). The number of piperidine rings is 1. The van der Waals surface area contributed by atoms with Crippen molar-refractivity contribution in [3.63, 3.8) is 0 Å². The minimum absolute atomic E-state index is 0. The molecule has 3 N–H and O–H groups in total. The first-order valence-corrected chi connectivity index (χ1v) is 10.7.